The molecule has 1 aromatic carbocycles. The third-order valence-electron chi connectivity index (χ3n) is 4.69. The van der Waals surface area contributed by atoms with E-state index in [1.807, 2.05) is 38.2 Å². The zero-order valence-electron chi connectivity index (χ0n) is 12.9. The van der Waals surface area contributed by atoms with E-state index in [1.54, 1.807) is 11.1 Å². The third-order valence-corrected chi connectivity index (χ3v) is 5.02. The summed E-state index contributed by atoms with van der Waals surface area (Å²) < 4.78 is 0. The highest BCUT2D eigenvalue weighted by Crippen LogP contribution is 2.47. The van der Waals surface area contributed by atoms with Crippen LogP contribution in [0, 0.1) is 6.92 Å². The molecule has 1 aromatic heterocycles. The van der Waals surface area contributed by atoms with Gasteiger partial charge in [0, 0.05) is 29.9 Å². The first kappa shape index (κ1) is 15.1. The van der Waals surface area contributed by atoms with Crippen molar-refractivity contribution in [3.63, 3.8) is 0 Å². The van der Waals surface area contributed by atoms with Gasteiger partial charge < -0.3 is 4.90 Å². The van der Waals surface area contributed by atoms with Crippen molar-refractivity contribution in [1.82, 2.24) is 15.1 Å². The van der Waals surface area contributed by atoms with E-state index in [0.29, 0.717) is 11.6 Å². The molecular formula is C17H20ClN3O. The molecule has 4 nitrogen and oxygen atoms in total. The number of rotatable bonds is 4. The molecule has 0 spiro atoms. The van der Waals surface area contributed by atoms with Crippen LogP contribution in [0.25, 0.3) is 0 Å². The van der Waals surface area contributed by atoms with Gasteiger partial charge in [0.05, 0.1) is 11.6 Å². The Morgan fingerprint density at radius 3 is 2.68 bits per heavy atom. The maximum absolute atomic E-state index is 13.1. The number of hydrogen-bond donors (Lipinski definition) is 1. The Morgan fingerprint density at radius 1 is 1.41 bits per heavy atom. The zero-order valence-corrected chi connectivity index (χ0v) is 13.7. The van der Waals surface area contributed by atoms with E-state index < -0.39 is 5.41 Å². The molecule has 1 aliphatic carbocycles. The minimum Gasteiger partial charge on any atom is -0.341 e. The number of amides is 1. The Hall–Kier alpha value is -1.81. The molecule has 0 radical (unpaired) electrons. The SMILES string of the molecule is Cc1[nH]ncc1CN(C)C(=O)C1(c2ccccc2Cl)CCC1. The van der Waals surface area contributed by atoms with Gasteiger partial charge in [0.1, 0.15) is 0 Å². The van der Waals surface area contributed by atoms with Gasteiger partial charge in [0.2, 0.25) is 5.91 Å². The molecule has 0 aliphatic heterocycles. The second-order valence-corrected chi connectivity index (χ2v) is 6.50. The minimum absolute atomic E-state index is 0.146. The average Bonchev–Trinajstić information content (AvgIpc) is 2.85. The molecule has 22 heavy (non-hydrogen) atoms. The van der Waals surface area contributed by atoms with E-state index in [9.17, 15) is 4.79 Å². The van der Waals surface area contributed by atoms with Crippen LogP contribution >= 0.6 is 11.6 Å². The minimum atomic E-state index is -0.454. The number of H-pyrrole nitrogens is 1. The molecular weight excluding hydrogens is 298 g/mol. The second kappa shape index (κ2) is 5.76. The fraction of sp³-hybridized carbons (Fsp3) is 0.412. The zero-order chi connectivity index (χ0) is 15.7. The molecule has 2 aromatic rings. The number of likely N-dealkylation sites (N-methyl/N-ethyl adjacent to an activating group) is 1. The van der Waals surface area contributed by atoms with Gasteiger partial charge in [-0.15, -0.1) is 0 Å². The highest BCUT2D eigenvalue weighted by Gasteiger charge is 2.48. The molecule has 1 heterocycles. The van der Waals surface area contributed by atoms with E-state index >= 15 is 0 Å². The highest BCUT2D eigenvalue weighted by molar-refractivity contribution is 6.31. The summed E-state index contributed by atoms with van der Waals surface area (Å²) in [6.07, 6.45) is 4.58. The van der Waals surface area contributed by atoms with Gasteiger partial charge in [-0.1, -0.05) is 36.2 Å². The van der Waals surface area contributed by atoms with Gasteiger partial charge in [0.15, 0.2) is 0 Å². The number of aryl methyl sites for hydroxylation is 1. The van der Waals surface area contributed by atoms with Crippen LogP contribution in [0.3, 0.4) is 0 Å². The first-order valence-electron chi connectivity index (χ1n) is 7.54. The lowest BCUT2D eigenvalue weighted by atomic mass is 9.63. The molecule has 0 bridgehead atoms. The number of aromatic nitrogens is 2. The first-order valence-corrected chi connectivity index (χ1v) is 7.92. The molecule has 116 valence electrons. The molecule has 0 atom stereocenters. The summed E-state index contributed by atoms with van der Waals surface area (Å²) in [7, 11) is 1.85. The Balaban J connectivity index is 1.86. The Morgan fingerprint density at radius 2 is 2.14 bits per heavy atom. The summed E-state index contributed by atoms with van der Waals surface area (Å²) in [5.41, 5.74) is 2.55. The predicted molar refractivity (Wildman–Crippen MR) is 86.8 cm³/mol. The smallest absolute Gasteiger partial charge is 0.233 e. The van der Waals surface area contributed by atoms with Crippen LogP contribution in [-0.4, -0.2) is 28.1 Å². The van der Waals surface area contributed by atoms with Crippen LogP contribution in [-0.2, 0) is 16.8 Å². The molecule has 3 rings (SSSR count). The van der Waals surface area contributed by atoms with Crippen LogP contribution in [0.15, 0.2) is 30.5 Å². The number of hydrogen-bond acceptors (Lipinski definition) is 2. The molecule has 1 amide bonds. The van der Waals surface area contributed by atoms with Crippen molar-refractivity contribution in [2.45, 2.75) is 38.1 Å². The van der Waals surface area contributed by atoms with Crippen molar-refractivity contribution < 1.29 is 4.79 Å². The van der Waals surface area contributed by atoms with E-state index in [1.165, 1.54) is 0 Å². The van der Waals surface area contributed by atoms with E-state index in [-0.39, 0.29) is 5.91 Å². The molecule has 1 saturated carbocycles. The van der Waals surface area contributed by atoms with Crippen molar-refractivity contribution in [2.75, 3.05) is 7.05 Å². The highest BCUT2D eigenvalue weighted by atomic mass is 35.5. The molecule has 1 N–H and O–H groups in total. The molecule has 0 saturated heterocycles. The van der Waals surface area contributed by atoms with Crippen LogP contribution < -0.4 is 0 Å². The number of carbonyl (C=O) groups excluding carboxylic acids is 1. The number of nitrogens with one attached hydrogen (secondary N) is 1. The van der Waals surface area contributed by atoms with E-state index in [0.717, 1.165) is 36.1 Å². The summed E-state index contributed by atoms with van der Waals surface area (Å²) in [4.78, 5) is 14.9. The summed E-state index contributed by atoms with van der Waals surface area (Å²) in [5, 5.41) is 7.61. The van der Waals surface area contributed by atoms with Gasteiger partial charge in [-0.3, -0.25) is 9.89 Å². The molecule has 1 aliphatic rings. The predicted octanol–water partition coefficient (Wildman–Crippen LogP) is 3.45. The van der Waals surface area contributed by atoms with Crippen molar-refractivity contribution in [1.29, 1.82) is 0 Å². The number of halogens is 1. The van der Waals surface area contributed by atoms with Crippen LogP contribution in [0.1, 0.15) is 36.1 Å². The van der Waals surface area contributed by atoms with Gasteiger partial charge in [0.25, 0.3) is 0 Å². The standard InChI is InChI=1S/C17H20ClN3O/c1-12-13(10-19-20-12)11-21(2)16(22)17(8-5-9-17)14-6-3-4-7-15(14)18/h3-4,6-7,10H,5,8-9,11H2,1-2H3,(H,19,20). The number of aromatic amines is 1. The monoisotopic (exact) mass is 317 g/mol. The van der Waals surface area contributed by atoms with Crippen molar-refractivity contribution in [3.8, 4) is 0 Å². The molecule has 1 fully saturated rings. The average molecular weight is 318 g/mol. The number of benzene rings is 1. The van der Waals surface area contributed by atoms with Crippen LogP contribution in [0.4, 0.5) is 0 Å². The van der Waals surface area contributed by atoms with Crippen molar-refractivity contribution >= 4 is 17.5 Å². The summed E-state index contributed by atoms with van der Waals surface area (Å²) in [6, 6.07) is 7.71. The maximum Gasteiger partial charge on any atom is 0.233 e. The summed E-state index contributed by atoms with van der Waals surface area (Å²) in [5.74, 6) is 0.146. The normalized spacial score (nSPS) is 16.1. The Bertz CT molecular complexity index is 691. The quantitative estimate of drug-likeness (QED) is 0.939. The fourth-order valence-electron chi connectivity index (χ4n) is 3.21. The number of nitrogens with zero attached hydrogens (tertiary/aromatic N) is 2. The second-order valence-electron chi connectivity index (χ2n) is 6.10. The summed E-state index contributed by atoms with van der Waals surface area (Å²) >= 11 is 6.35. The van der Waals surface area contributed by atoms with Crippen LogP contribution in [0.5, 0.6) is 0 Å². The fourth-order valence-corrected chi connectivity index (χ4v) is 3.52. The largest absolute Gasteiger partial charge is 0.341 e. The Kier molecular flexibility index (Phi) is 3.96. The lowest BCUT2D eigenvalue weighted by molar-refractivity contribution is -0.140. The van der Waals surface area contributed by atoms with Gasteiger partial charge in [-0.25, -0.2) is 0 Å². The van der Waals surface area contributed by atoms with Crippen molar-refractivity contribution in [3.05, 3.63) is 52.3 Å². The molecule has 5 heteroatoms. The van der Waals surface area contributed by atoms with Crippen molar-refractivity contribution in [2.24, 2.45) is 0 Å². The topological polar surface area (TPSA) is 49.0 Å². The van der Waals surface area contributed by atoms with E-state index in [2.05, 4.69) is 10.2 Å². The lowest BCUT2D eigenvalue weighted by Crippen LogP contribution is -2.49. The van der Waals surface area contributed by atoms with Gasteiger partial charge >= 0.3 is 0 Å². The van der Waals surface area contributed by atoms with Crippen LogP contribution in [0.2, 0.25) is 5.02 Å². The third kappa shape index (κ3) is 2.41. The maximum atomic E-state index is 13.1. The molecule has 0 unspecified atom stereocenters. The Labute approximate surface area is 135 Å². The lowest BCUT2D eigenvalue weighted by Gasteiger charge is -2.43. The summed E-state index contributed by atoms with van der Waals surface area (Å²) in [6.45, 7) is 2.53. The van der Waals surface area contributed by atoms with E-state index in [4.69, 9.17) is 11.6 Å². The first-order chi connectivity index (χ1) is 10.5. The van der Waals surface area contributed by atoms with Gasteiger partial charge in [-0.05, 0) is 31.4 Å². The van der Waals surface area contributed by atoms with Gasteiger partial charge in [-0.2, -0.15) is 5.10 Å². The number of carbonyl (C=O) groups is 1.